The smallest absolute Gasteiger partial charge is 0.272 e. The van der Waals surface area contributed by atoms with Gasteiger partial charge in [0.15, 0.2) is 0 Å². The Morgan fingerprint density at radius 1 is 1.45 bits per heavy atom. The molecule has 0 atom stereocenters. The average molecular weight is 276 g/mol. The van der Waals surface area contributed by atoms with Gasteiger partial charge in [-0.3, -0.25) is 9.78 Å². The van der Waals surface area contributed by atoms with Gasteiger partial charge >= 0.3 is 0 Å². The zero-order valence-corrected chi connectivity index (χ0v) is 12.6. The molecule has 110 valence electrons. The van der Waals surface area contributed by atoms with Gasteiger partial charge in [-0.1, -0.05) is 0 Å². The summed E-state index contributed by atoms with van der Waals surface area (Å²) in [7, 11) is 4.20. The first kappa shape index (κ1) is 14.8. The first-order valence-corrected chi connectivity index (χ1v) is 7.27. The summed E-state index contributed by atoms with van der Waals surface area (Å²) in [5.74, 6) is 0.0435. The van der Waals surface area contributed by atoms with Gasteiger partial charge in [-0.05, 0) is 46.0 Å². The van der Waals surface area contributed by atoms with E-state index < -0.39 is 0 Å². The number of likely N-dealkylation sites (tertiary alicyclic amines) is 1. The van der Waals surface area contributed by atoms with Gasteiger partial charge in [0, 0.05) is 37.6 Å². The maximum absolute atomic E-state index is 12.5. The van der Waals surface area contributed by atoms with E-state index in [2.05, 4.69) is 29.3 Å². The Labute approximate surface area is 121 Å². The van der Waals surface area contributed by atoms with Crippen molar-refractivity contribution in [1.82, 2.24) is 14.8 Å². The first-order chi connectivity index (χ1) is 9.61. The monoisotopic (exact) mass is 276 g/mol. The number of nitrogens with zero attached hydrogens (tertiary/aromatic N) is 3. The standard InChI is InChI=1S/C15H24N4O/c1-4-16-12-5-8-17-14(11-12)15(20)19-9-6-13(7-10-19)18(2)3/h5,8,11,13H,4,6-7,9-10H2,1-3H3,(H,16,17). The van der Waals surface area contributed by atoms with Crippen molar-refractivity contribution in [2.45, 2.75) is 25.8 Å². The number of pyridine rings is 1. The summed E-state index contributed by atoms with van der Waals surface area (Å²) < 4.78 is 0. The summed E-state index contributed by atoms with van der Waals surface area (Å²) in [6.07, 6.45) is 3.76. The minimum absolute atomic E-state index is 0.0435. The highest BCUT2D eigenvalue weighted by Gasteiger charge is 2.25. The van der Waals surface area contributed by atoms with Crippen molar-refractivity contribution < 1.29 is 4.79 Å². The van der Waals surface area contributed by atoms with Crippen LogP contribution in [0.4, 0.5) is 5.69 Å². The molecule has 0 radical (unpaired) electrons. The van der Waals surface area contributed by atoms with Crippen LogP contribution in [0, 0.1) is 0 Å². The Bertz CT molecular complexity index is 453. The van der Waals surface area contributed by atoms with E-state index in [1.54, 1.807) is 6.20 Å². The molecule has 0 unspecified atom stereocenters. The van der Waals surface area contributed by atoms with Gasteiger partial charge in [-0.2, -0.15) is 0 Å². The summed E-state index contributed by atoms with van der Waals surface area (Å²) in [5.41, 5.74) is 1.49. The second-order valence-electron chi connectivity index (χ2n) is 5.45. The molecule has 1 aromatic rings. The number of nitrogens with one attached hydrogen (secondary N) is 1. The number of anilines is 1. The van der Waals surface area contributed by atoms with Crippen LogP contribution in [-0.2, 0) is 0 Å². The summed E-state index contributed by atoms with van der Waals surface area (Å²) in [5, 5.41) is 3.21. The quantitative estimate of drug-likeness (QED) is 0.909. The Morgan fingerprint density at radius 3 is 2.75 bits per heavy atom. The second-order valence-corrected chi connectivity index (χ2v) is 5.45. The Hall–Kier alpha value is -1.62. The number of hydrogen-bond acceptors (Lipinski definition) is 4. The number of aromatic nitrogens is 1. The predicted octanol–water partition coefficient (Wildman–Crippen LogP) is 1.68. The number of carbonyl (C=O) groups is 1. The molecule has 20 heavy (non-hydrogen) atoms. The minimum Gasteiger partial charge on any atom is -0.385 e. The lowest BCUT2D eigenvalue weighted by atomic mass is 10.0. The van der Waals surface area contributed by atoms with Crippen molar-refractivity contribution in [2.24, 2.45) is 0 Å². The van der Waals surface area contributed by atoms with Crippen LogP contribution in [0.2, 0.25) is 0 Å². The molecular formula is C15H24N4O. The second kappa shape index (κ2) is 6.70. The lowest BCUT2D eigenvalue weighted by molar-refractivity contribution is 0.0657. The summed E-state index contributed by atoms with van der Waals surface area (Å²) in [4.78, 5) is 20.8. The SMILES string of the molecule is CCNc1ccnc(C(=O)N2CCC(N(C)C)CC2)c1. The summed E-state index contributed by atoms with van der Waals surface area (Å²) in [6, 6.07) is 4.31. The van der Waals surface area contributed by atoms with Crippen LogP contribution in [0.1, 0.15) is 30.3 Å². The molecule has 5 nitrogen and oxygen atoms in total. The van der Waals surface area contributed by atoms with Gasteiger partial charge in [-0.25, -0.2) is 0 Å². The molecule has 2 heterocycles. The summed E-state index contributed by atoms with van der Waals surface area (Å²) >= 11 is 0. The van der Waals surface area contributed by atoms with E-state index in [1.807, 2.05) is 24.0 Å². The van der Waals surface area contributed by atoms with Crippen LogP contribution < -0.4 is 5.32 Å². The molecule has 0 aliphatic carbocycles. The highest BCUT2D eigenvalue weighted by Crippen LogP contribution is 2.17. The van der Waals surface area contributed by atoms with Gasteiger partial charge in [0.25, 0.3) is 5.91 Å². The van der Waals surface area contributed by atoms with Crippen LogP contribution in [0.25, 0.3) is 0 Å². The topological polar surface area (TPSA) is 48.5 Å². The molecule has 1 aliphatic rings. The number of piperidine rings is 1. The molecule has 0 saturated carbocycles. The summed E-state index contributed by atoms with van der Waals surface area (Å²) in [6.45, 7) is 4.50. The van der Waals surface area contributed by atoms with E-state index in [0.29, 0.717) is 11.7 Å². The predicted molar refractivity (Wildman–Crippen MR) is 81.0 cm³/mol. The highest BCUT2D eigenvalue weighted by atomic mass is 16.2. The fourth-order valence-corrected chi connectivity index (χ4v) is 2.61. The number of amides is 1. The van der Waals surface area contributed by atoms with Crippen LogP contribution in [0.5, 0.6) is 0 Å². The number of carbonyl (C=O) groups excluding carboxylic acids is 1. The van der Waals surface area contributed by atoms with Crippen LogP contribution in [-0.4, -0.2) is 60.5 Å². The molecule has 0 aromatic carbocycles. The van der Waals surface area contributed by atoms with Gasteiger partial charge in [0.2, 0.25) is 0 Å². The van der Waals surface area contributed by atoms with Crippen molar-refractivity contribution >= 4 is 11.6 Å². The number of rotatable bonds is 4. The van der Waals surface area contributed by atoms with Crippen molar-refractivity contribution in [3.05, 3.63) is 24.0 Å². The molecule has 1 amide bonds. The van der Waals surface area contributed by atoms with Crippen molar-refractivity contribution in [2.75, 3.05) is 39.0 Å². The zero-order valence-electron chi connectivity index (χ0n) is 12.6. The van der Waals surface area contributed by atoms with E-state index in [0.717, 1.165) is 38.2 Å². The lowest BCUT2D eigenvalue weighted by Crippen LogP contribution is -2.44. The molecule has 0 spiro atoms. The number of hydrogen-bond donors (Lipinski definition) is 1. The van der Waals surface area contributed by atoms with Gasteiger partial charge in [0.05, 0.1) is 0 Å². The van der Waals surface area contributed by atoms with Crippen molar-refractivity contribution in [3.63, 3.8) is 0 Å². The van der Waals surface area contributed by atoms with E-state index in [-0.39, 0.29) is 5.91 Å². The fraction of sp³-hybridized carbons (Fsp3) is 0.600. The average Bonchev–Trinajstić information content (AvgIpc) is 2.47. The highest BCUT2D eigenvalue weighted by molar-refractivity contribution is 5.93. The Balaban J connectivity index is 2.00. The largest absolute Gasteiger partial charge is 0.385 e. The van der Waals surface area contributed by atoms with Gasteiger partial charge in [-0.15, -0.1) is 0 Å². The molecule has 1 fully saturated rings. The van der Waals surface area contributed by atoms with E-state index in [4.69, 9.17) is 0 Å². The van der Waals surface area contributed by atoms with E-state index in [9.17, 15) is 4.79 Å². The van der Waals surface area contributed by atoms with Crippen LogP contribution >= 0.6 is 0 Å². The molecule has 1 aliphatic heterocycles. The molecule has 1 N–H and O–H groups in total. The zero-order chi connectivity index (χ0) is 14.5. The molecular weight excluding hydrogens is 252 g/mol. The van der Waals surface area contributed by atoms with E-state index in [1.165, 1.54) is 0 Å². The Kier molecular flexibility index (Phi) is 4.95. The molecule has 0 bridgehead atoms. The fourth-order valence-electron chi connectivity index (χ4n) is 2.61. The minimum atomic E-state index is 0.0435. The molecule has 1 saturated heterocycles. The van der Waals surface area contributed by atoms with Crippen LogP contribution in [0.15, 0.2) is 18.3 Å². The maximum Gasteiger partial charge on any atom is 0.272 e. The third kappa shape index (κ3) is 3.48. The normalized spacial score (nSPS) is 16.5. The van der Waals surface area contributed by atoms with Crippen molar-refractivity contribution in [1.29, 1.82) is 0 Å². The third-order valence-corrected chi connectivity index (χ3v) is 3.84. The van der Waals surface area contributed by atoms with Gasteiger partial charge < -0.3 is 15.1 Å². The lowest BCUT2D eigenvalue weighted by Gasteiger charge is -2.35. The van der Waals surface area contributed by atoms with Gasteiger partial charge in [0.1, 0.15) is 5.69 Å². The molecule has 2 rings (SSSR count). The van der Waals surface area contributed by atoms with Crippen molar-refractivity contribution in [3.8, 4) is 0 Å². The molecule has 5 heteroatoms. The molecule has 1 aromatic heterocycles. The maximum atomic E-state index is 12.5. The third-order valence-electron chi connectivity index (χ3n) is 3.84. The van der Waals surface area contributed by atoms with Crippen LogP contribution in [0.3, 0.4) is 0 Å². The first-order valence-electron chi connectivity index (χ1n) is 7.27. The van der Waals surface area contributed by atoms with E-state index >= 15 is 0 Å². The Morgan fingerprint density at radius 2 is 2.15 bits per heavy atom.